The summed E-state index contributed by atoms with van der Waals surface area (Å²) < 4.78 is 8.62. The number of rotatable bonds is 6. The number of morpholine rings is 1. The summed E-state index contributed by atoms with van der Waals surface area (Å²) in [5, 5.41) is 14.0. The highest BCUT2D eigenvalue weighted by Crippen LogP contribution is 2.29. The van der Waals surface area contributed by atoms with Gasteiger partial charge in [-0.3, -0.25) is 14.3 Å². The van der Waals surface area contributed by atoms with E-state index in [0.717, 1.165) is 56.1 Å². The maximum Gasteiger partial charge on any atom is 0.283 e. The largest absolute Gasteiger partial charge is 0.379 e. The predicted molar refractivity (Wildman–Crippen MR) is 122 cm³/mol. The number of halogens is 1. The molecule has 166 valence electrons. The van der Waals surface area contributed by atoms with Crippen molar-refractivity contribution in [2.45, 2.75) is 26.3 Å². The first-order chi connectivity index (χ1) is 15.7. The smallest absolute Gasteiger partial charge is 0.283 e. The van der Waals surface area contributed by atoms with E-state index < -0.39 is 0 Å². The molecule has 0 bridgehead atoms. The van der Waals surface area contributed by atoms with Crippen LogP contribution in [-0.4, -0.2) is 67.1 Å². The summed E-state index contributed by atoms with van der Waals surface area (Å²) in [6.45, 7) is 6.93. The molecule has 0 saturated carbocycles. The van der Waals surface area contributed by atoms with Crippen LogP contribution in [0.2, 0.25) is 5.02 Å². The van der Waals surface area contributed by atoms with Gasteiger partial charge in [0.1, 0.15) is 6.33 Å². The minimum atomic E-state index is -0.201. The Morgan fingerprint density at radius 1 is 1.06 bits per heavy atom. The van der Waals surface area contributed by atoms with Gasteiger partial charge in [-0.1, -0.05) is 30.7 Å². The van der Waals surface area contributed by atoms with E-state index in [-0.39, 0.29) is 11.1 Å². The fourth-order valence-corrected chi connectivity index (χ4v) is 4.24. The molecule has 0 N–H and O–H groups in total. The Balaban J connectivity index is 1.49. The Morgan fingerprint density at radius 3 is 2.59 bits per heavy atom. The van der Waals surface area contributed by atoms with Gasteiger partial charge in [-0.15, -0.1) is 10.2 Å². The molecule has 32 heavy (non-hydrogen) atoms. The van der Waals surface area contributed by atoms with Crippen LogP contribution >= 0.6 is 11.6 Å². The van der Waals surface area contributed by atoms with Crippen LogP contribution in [-0.2, 0) is 17.7 Å². The molecule has 0 atom stereocenters. The molecule has 0 radical (unpaired) electrons. The Kier molecular flexibility index (Phi) is 5.86. The van der Waals surface area contributed by atoms with E-state index in [1.165, 1.54) is 0 Å². The SMILES string of the molecule is CCc1nn2c(nnc3c(=O)n(CCCN4CCOCC4)cnc32)c1-c1ccc(Cl)cc1. The van der Waals surface area contributed by atoms with Crippen LogP contribution in [0, 0.1) is 0 Å². The second-order valence-corrected chi connectivity index (χ2v) is 8.28. The van der Waals surface area contributed by atoms with Crippen molar-refractivity contribution in [3.8, 4) is 11.1 Å². The topological polar surface area (TPSA) is 90.4 Å². The van der Waals surface area contributed by atoms with Crippen molar-refractivity contribution in [3.05, 3.63) is 51.7 Å². The average molecular weight is 454 g/mol. The maximum absolute atomic E-state index is 13.1. The summed E-state index contributed by atoms with van der Waals surface area (Å²) >= 11 is 6.05. The molecule has 0 spiro atoms. The normalized spacial score (nSPS) is 15.1. The number of hydrogen-bond donors (Lipinski definition) is 0. The van der Waals surface area contributed by atoms with Gasteiger partial charge in [0.2, 0.25) is 0 Å². The van der Waals surface area contributed by atoms with Crippen molar-refractivity contribution in [1.82, 2.24) is 34.3 Å². The molecule has 9 nitrogen and oxygen atoms in total. The zero-order valence-electron chi connectivity index (χ0n) is 17.9. The quantitative estimate of drug-likeness (QED) is 0.443. The summed E-state index contributed by atoms with van der Waals surface area (Å²) in [5.41, 5.74) is 3.71. The standard InChI is InChI=1S/C22H24ClN7O2/c1-2-17-18(15-4-6-16(23)7-5-15)20-26-25-19-21(30(20)27-17)24-14-29(22(19)31)9-3-8-28-10-12-32-13-11-28/h4-7,14H,2-3,8-13H2,1H3. The van der Waals surface area contributed by atoms with Gasteiger partial charge in [0.25, 0.3) is 5.56 Å². The van der Waals surface area contributed by atoms with E-state index in [0.29, 0.717) is 29.3 Å². The van der Waals surface area contributed by atoms with Crippen LogP contribution in [0.25, 0.3) is 27.9 Å². The molecule has 1 aliphatic heterocycles. The van der Waals surface area contributed by atoms with Crippen LogP contribution in [0.1, 0.15) is 19.0 Å². The highest BCUT2D eigenvalue weighted by molar-refractivity contribution is 6.30. The molecule has 3 aromatic heterocycles. The molecule has 10 heteroatoms. The van der Waals surface area contributed by atoms with E-state index in [2.05, 4.69) is 20.1 Å². The van der Waals surface area contributed by atoms with Crippen molar-refractivity contribution in [2.24, 2.45) is 0 Å². The Morgan fingerprint density at radius 2 is 1.84 bits per heavy atom. The van der Waals surface area contributed by atoms with Crippen molar-refractivity contribution < 1.29 is 4.74 Å². The molecule has 1 aliphatic rings. The lowest BCUT2D eigenvalue weighted by atomic mass is 10.0. The molecule has 1 aromatic carbocycles. The first-order valence-corrected chi connectivity index (χ1v) is 11.2. The number of ether oxygens (including phenoxy) is 1. The number of hydrogen-bond acceptors (Lipinski definition) is 7. The van der Waals surface area contributed by atoms with E-state index >= 15 is 0 Å². The average Bonchev–Trinajstić information content (AvgIpc) is 3.21. The van der Waals surface area contributed by atoms with Gasteiger partial charge < -0.3 is 4.74 Å². The lowest BCUT2D eigenvalue weighted by molar-refractivity contribution is 0.0369. The van der Waals surface area contributed by atoms with E-state index in [1.54, 1.807) is 15.4 Å². The highest BCUT2D eigenvalue weighted by atomic mass is 35.5. The first-order valence-electron chi connectivity index (χ1n) is 10.8. The molecule has 4 aromatic rings. The third-order valence-electron chi connectivity index (χ3n) is 5.82. The lowest BCUT2D eigenvalue weighted by Crippen LogP contribution is -2.37. The molecular weight excluding hydrogens is 430 g/mol. The Labute approximate surface area is 189 Å². The van der Waals surface area contributed by atoms with Crippen LogP contribution in [0.5, 0.6) is 0 Å². The number of aryl methyl sites for hydroxylation is 2. The van der Waals surface area contributed by atoms with Crippen molar-refractivity contribution in [1.29, 1.82) is 0 Å². The molecule has 4 heterocycles. The number of aromatic nitrogens is 6. The van der Waals surface area contributed by atoms with Gasteiger partial charge >= 0.3 is 0 Å². The van der Waals surface area contributed by atoms with Crippen LogP contribution in [0.15, 0.2) is 35.4 Å². The predicted octanol–water partition coefficient (Wildman–Crippen LogP) is 2.44. The lowest BCUT2D eigenvalue weighted by Gasteiger charge is -2.26. The zero-order valence-corrected chi connectivity index (χ0v) is 18.6. The Bertz CT molecular complexity index is 1310. The van der Waals surface area contributed by atoms with Gasteiger partial charge in [-0.05, 0) is 30.5 Å². The minimum absolute atomic E-state index is 0.201. The van der Waals surface area contributed by atoms with E-state index in [9.17, 15) is 4.79 Å². The number of benzene rings is 1. The molecule has 1 saturated heterocycles. The molecule has 0 aliphatic carbocycles. The zero-order chi connectivity index (χ0) is 22.1. The highest BCUT2D eigenvalue weighted by Gasteiger charge is 2.19. The third-order valence-corrected chi connectivity index (χ3v) is 6.07. The fraction of sp³-hybridized carbons (Fsp3) is 0.409. The van der Waals surface area contributed by atoms with Crippen molar-refractivity contribution >= 4 is 28.4 Å². The third kappa shape index (κ3) is 3.87. The summed E-state index contributed by atoms with van der Waals surface area (Å²) in [4.78, 5) is 19.9. The second-order valence-electron chi connectivity index (χ2n) is 7.84. The van der Waals surface area contributed by atoms with Crippen LogP contribution in [0.3, 0.4) is 0 Å². The summed E-state index contributed by atoms with van der Waals surface area (Å²) in [5.74, 6) is 0. The molecule has 0 unspecified atom stereocenters. The summed E-state index contributed by atoms with van der Waals surface area (Å²) in [6.07, 6.45) is 3.15. The molecule has 1 fully saturated rings. The summed E-state index contributed by atoms with van der Waals surface area (Å²) in [7, 11) is 0. The van der Waals surface area contributed by atoms with Crippen LogP contribution in [0.4, 0.5) is 0 Å². The van der Waals surface area contributed by atoms with E-state index in [1.807, 2.05) is 31.2 Å². The fourth-order valence-electron chi connectivity index (χ4n) is 4.11. The van der Waals surface area contributed by atoms with Crippen molar-refractivity contribution in [2.75, 3.05) is 32.8 Å². The van der Waals surface area contributed by atoms with Gasteiger partial charge in [-0.25, -0.2) is 4.98 Å². The van der Waals surface area contributed by atoms with Crippen LogP contribution < -0.4 is 5.56 Å². The monoisotopic (exact) mass is 453 g/mol. The Hall–Kier alpha value is -2.88. The summed E-state index contributed by atoms with van der Waals surface area (Å²) in [6, 6.07) is 7.54. The van der Waals surface area contributed by atoms with Gasteiger partial charge in [0, 0.05) is 31.2 Å². The van der Waals surface area contributed by atoms with E-state index in [4.69, 9.17) is 21.4 Å². The van der Waals surface area contributed by atoms with Crippen molar-refractivity contribution in [3.63, 3.8) is 0 Å². The minimum Gasteiger partial charge on any atom is -0.379 e. The maximum atomic E-state index is 13.1. The van der Waals surface area contributed by atoms with Gasteiger partial charge in [0.05, 0.1) is 24.5 Å². The second kappa shape index (κ2) is 8.93. The number of nitrogens with zero attached hydrogens (tertiary/aromatic N) is 7. The molecular formula is C22H24ClN7O2. The van der Waals surface area contributed by atoms with Gasteiger partial charge in [-0.2, -0.15) is 9.61 Å². The number of fused-ring (bicyclic) bond motifs is 3. The first kappa shape index (κ1) is 21.0. The van der Waals surface area contributed by atoms with Gasteiger partial charge in [0.15, 0.2) is 16.8 Å². The molecule has 0 amide bonds. The molecule has 5 rings (SSSR count).